The maximum Gasteiger partial charge on any atom is 0.130 e. The summed E-state index contributed by atoms with van der Waals surface area (Å²) in [5.41, 5.74) is 13.8. The summed E-state index contributed by atoms with van der Waals surface area (Å²) < 4.78 is 0. The first-order chi connectivity index (χ1) is 17.8. The van der Waals surface area contributed by atoms with E-state index in [0.717, 1.165) is 66.1 Å². The van der Waals surface area contributed by atoms with Crippen LogP contribution in [-0.2, 0) is 6.42 Å². The van der Waals surface area contributed by atoms with Gasteiger partial charge in [0.1, 0.15) is 12.1 Å². The average molecular weight is 504 g/mol. The normalized spacial score (nSPS) is 14.2. The summed E-state index contributed by atoms with van der Waals surface area (Å²) in [7, 11) is 0. The van der Waals surface area contributed by atoms with Crippen molar-refractivity contribution in [3.05, 3.63) is 71.3 Å². The molecular weight excluding hydrogens is 458 g/mol. The molecule has 4 N–H and O–H groups in total. The van der Waals surface area contributed by atoms with E-state index in [1.807, 2.05) is 11.0 Å². The second-order valence-electron chi connectivity index (χ2n) is 10.6. The van der Waals surface area contributed by atoms with Crippen molar-refractivity contribution >= 4 is 17.6 Å². The Labute approximate surface area is 223 Å². The van der Waals surface area contributed by atoms with Crippen molar-refractivity contribution in [3.63, 3.8) is 0 Å². The lowest BCUT2D eigenvalue weighted by Crippen LogP contribution is -2.39. The number of nitrogens with two attached hydrogens (primary N) is 1. The van der Waals surface area contributed by atoms with Crippen molar-refractivity contribution in [3.8, 4) is 11.1 Å². The molecule has 3 rings (SSSR count). The Morgan fingerprint density at radius 1 is 1.08 bits per heavy atom. The zero-order chi connectivity index (χ0) is 26.8. The quantitative estimate of drug-likeness (QED) is 0.204. The molecule has 5 nitrogen and oxygen atoms in total. The van der Waals surface area contributed by atoms with E-state index in [2.05, 4.69) is 74.8 Å². The van der Waals surface area contributed by atoms with Crippen LogP contribution >= 0.6 is 0 Å². The largest absolute Gasteiger partial charge is 0.396 e. The number of aliphatic hydroxyl groups is 2. The van der Waals surface area contributed by atoms with Gasteiger partial charge in [-0.05, 0) is 78.8 Å². The van der Waals surface area contributed by atoms with Crippen LogP contribution in [-0.4, -0.2) is 46.9 Å². The van der Waals surface area contributed by atoms with Crippen LogP contribution in [0.1, 0.15) is 70.4 Å². The topological polar surface area (TPSA) is 82.1 Å². The molecule has 5 heteroatoms. The fourth-order valence-electron chi connectivity index (χ4n) is 4.72. The fourth-order valence-corrected chi connectivity index (χ4v) is 4.72. The standard InChI is InChI=1S/C32H45N3O2/c1-5-17-35(18-6-19-36)32(37)29-20-28-16-15-27(21-30(28)34-31(33)22-29)26-13-11-25(12-14-26)10-9-24(4)8-7-23(2)3/h11-16,20-21,23,32,36-37H,4-10,17-19,22H2,1-3H3,(H2,33,34). The van der Waals surface area contributed by atoms with Crippen LogP contribution in [0.25, 0.3) is 17.2 Å². The Kier molecular flexibility index (Phi) is 11.1. The van der Waals surface area contributed by atoms with Crippen LogP contribution < -0.4 is 5.73 Å². The second kappa shape index (κ2) is 14.3. The molecule has 0 saturated heterocycles. The Balaban J connectivity index is 1.74. The first-order valence-corrected chi connectivity index (χ1v) is 13.8. The zero-order valence-electron chi connectivity index (χ0n) is 22.9. The minimum Gasteiger partial charge on any atom is -0.396 e. The van der Waals surface area contributed by atoms with E-state index in [1.54, 1.807) is 0 Å². The van der Waals surface area contributed by atoms with Gasteiger partial charge in [-0.25, -0.2) is 4.99 Å². The summed E-state index contributed by atoms with van der Waals surface area (Å²) >= 11 is 0. The number of nitrogens with zero attached hydrogens (tertiary/aromatic N) is 2. The van der Waals surface area contributed by atoms with E-state index in [4.69, 9.17) is 5.73 Å². The highest BCUT2D eigenvalue weighted by molar-refractivity contribution is 5.91. The highest BCUT2D eigenvalue weighted by Gasteiger charge is 2.22. The minimum atomic E-state index is -0.750. The van der Waals surface area contributed by atoms with Crippen molar-refractivity contribution in [2.24, 2.45) is 16.6 Å². The predicted molar refractivity (Wildman–Crippen MR) is 157 cm³/mol. The zero-order valence-corrected chi connectivity index (χ0v) is 22.9. The van der Waals surface area contributed by atoms with Gasteiger partial charge in [-0.2, -0.15) is 0 Å². The fraction of sp³-hybridized carbons (Fsp3) is 0.469. The number of fused-ring (bicyclic) bond motifs is 1. The molecule has 0 spiro atoms. The molecule has 0 aromatic heterocycles. The lowest BCUT2D eigenvalue weighted by atomic mass is 9.96. The molecule has 0 amide bonds. The van der Waals surface area contributed by atoms with Gasteiger partial charge in [-0.3, -0.25) is 4.90 Å². The van der Waals surface area contributed by atoms with Crippen molar-refractivity contribution < 1.29 is 10.2 Å². The van der Waals surface area contributed by atoms with Crippen LogP contribution in [0, 0.1) is 5.92 Å². The molecule has 200 valence electrons. The van der Waals surface area contributed by atoms with Crippen LogP contribution in [0.2, 0.25) is 0 Å². The van der Waals surface area contributed by atoms with Crippen molar-refractivity contribution in [1.82, 2.24) is 4.90 Å². The number of amidine groups is 1. The maximum absolute atomic E-state index is 11.1. The van der Waals surface area contributed by atoms with Gasteiger partial charge in [0.25, 0.3) is 0 Å². The van der Waals surface area contributed by atoms with Crippen molar-refractivity contribution in [1.29, 1.82) is 0 Å². The van der Waals surface area contributed by atoms with E-state index >= 15 is 0 Å². The third kappa shape index (κ3) is 8.67. The number of aliphatic hydroxyl groups excluding tert-OH is 2. The van der Waals surface area contributed by atoms with Gasteiger partial charge in [-0.1, -0.05) is 69.3 Å². The second-order valence-corrected chi connectivity index (χ2v) is 10.6. The highest BCUT2D eigenvalue weighted by atomic mass is 16.3. The summed E-state index contributed by atoms with van der Waals surface area (Å²) in [5, 5.41) is 20.4. The van der Waals surface area contributed by atoms with Gasteiger partial charge < -0.3 is 15.9 Å². The number of aryl methyl sites for hydroxylation is 1. The molecule has 0 bridgehead atoms. The molecule has 0 radical (unpaired) electrons. The first-order valence-electron chi connectivity index (χ1n) is 13.8. The van der Waals surface area contributed by atoms with Crippen molar-refractivity contribution in [2.75, 3.05) is 19.7 Å². The van der Waals surface area contributed by atoms with Gasteiger partial charge >= 0.3 is 0 Å². The number of hydrogen-bond donors (Lipinski definition) is 3. The number of allylic oxidation sites excluding steroid dienone is 1. The van der Waals surface area contributed by atoms with Crippen molar-refractivity contribution in [2.45, 2.75) is 71.9 Å². The monoisotopic (exact) mass is 503 g/mol. The van der Waals surface area contributed by atoms with E-state index in [9.17, 15) is 10.2 Å². The van der Waals surface area contributed by atoms with Crippen LogP contribution in [0.5, 0.6) is 0 Å². The van der Waals surface area contributed by atoms with E-state index in [0.29, 0.717) is 25.2 Å². The number of rotatable bonds is 14. The lowest BCUT2D eigenvalue weighted by Gasteiger charge is -2.29. The molecule has 0 fully saturated rings. The maximum atomic E-state index is 11.1. The Morgan fingerprint density at radius 2 is 1.81 bits per heavy atom. The number of hydrogen-bond acceptors (Lipinski definition) is 5. The molecule has 2 aromatic rings. The average Bonchev–Trinajstić information content (AvgIpc) is 3.05. The third-order valence-electron chi connectivity index (χ3n) is 6.94. The molecule has 1 unspecified atom stereocenters. The first kappa shape index (κ1) is 28.8. The van der Waals surface area contributed by atoms with Gasteiger partial charge in [0.2, 0.25) is 0 Å². The number of benzene rings is 2. The van der Waals surface area contributed by atoms with E-state index in [1.165, 1.54) is 17.6 Å². The summed E-state index contributed by atoms with van der Waals surface area (Å²) in [4.78, 5) is 6.68. The molecule has 1 aliphatic heterocycles. The van der Waals surface area contributed by atoms with Crippen LogP contribution in [0.4, 0.5) is 5.69 Å². The summed E-state index contributed by atoms with van der Waals surface area (Å²) in [6.45, 7) is 12.4. The Morgan fingerprint density at radius 3 is 2.49 bits per heavy atom. The van der Waals surface area contributed by atoms with E-state index < -0.39 is 6.23 Å². The highest BCUT2D eigenvalue weighted by Crippen LogP contribution is 2.33. The van der Waals surface area contributed by atoms with Crippen LogP contribution in [0.3, 0.4) is 0 Å². The van der Waals surface area contributed by atoms with Gasteiger partial charge in [0.15, 0.2) is 0 Å². The third-order valence-corrected chi connectivity index (χ3v) is 6.94. The van der Waals surface area contributed by atoms with Gasteiger partial charge in [0, 0.05) is 31.7 Å². The molecule has 2 aromatic carbocycles. The molecule has 0 aliphatic carbocycles. The Hall–Kier alpha value is -2.73. The molecule has 0 saturated carbocycles. The predicted octanol–water partition coefficient (Wildman–Crippen LogP) is 6.47. The number of aliphatic imine (C=N–C) groups is 1. The van der Waals surface area contributed by atoms with E-state index in [-0.39, 0.29) is 6.61 Å². The molecular formula is C32H45N3O2. The smallest absolute Gasteiger partial charge is 0.130 e. The van der Waals surface area contributed by atoms with Gasteiger partial charge in [-0.15, -0.1) is 0 Å². The molecule has 1 atom stereocenters. The Bertz CT molecular complexity index is 1090. The lowest BCUT2D eigenvalue weighted by molar-refractivity contribution is 0.0283. The minimum absolute atomic E-state index is 0.107. The summed E-state index contributed by atoms with van der Waals surface area (Å²) in [6, 6.07) is 15.0. The van der Waals surface area contributed by atoms with Crippen LogP contribution in [0.15, 0.2) is 65.2 Å². The summed E-state index contributed by atoms with van der Waals surface area (Å²) in [6.07, 6.45) is 7.61. The molecule has 37 heavy (non-hydrogen) atoms. The molecule has 1 heterocycles. The summed E-state index contributed by atoms with van der Waals surface area (Å²) in [5.74, 6) is 1.21. The SMILES string of the molecule is C=C(CCc1ccc(-c2ccc3c(c2)N=C(N)CC(C(O)N(CCC)CCCO)=C3)cc1)CCC(C)C. The van der Waals surface area contributed by atoms with Gasteiger partial charge in [0.05, 0.1) is 5.69 Å². The molecule has 1 aliphatic rings.